The summed E-state index contributed by atoms with van der Waals surface area (Å²) in [6.07, 6.45) is 2.40. The Morgan fingerprint density at radius 2 is 1.95 bits per heavy atom. The van der Waals surface area contributed by atoms with E-state index in [0.29, 0.717) is 13.0 Å². The van der Waals surface area contributed by atoms with E-state index in [-0.39, 0.29) is 12.5 Å². The van der Waals surface area contributed by atoms with Crippen LogP contribution in [-0.2, 0) is 9.59 Å². The van der Waals surface area contributed by atoms with Gasteiger partial charge in [-0.05, 0) is 51.8 Å². The number of carboxylic acids is 1. The van der Waals surface area contributed by atoms with Crippen molar-refractivity contribution in [3.63, 3.8) is 0 Å². The lowest BCUT2D eigenvalue weighted by molar-refractivity contribution is -0.153. The van der Waals surface area contributed by atoms with Gasteiger partial charge in [0.15, 0.2) is 0 Å². The molecule has 114 valence electrons. The zero-order chi connectivity index (χ0) is 15.5. The van der Waals surface area contributed by atoms with Crippen LogP contribution >= 0.6 is 0 Å². The van der Waals surface area contributed by atoms with Gasteiger partial charge in [0, 0.05) is 5.69 Å². The van der Waals surface area contributed by atoms with Crippen LogP contribution in [0, 0.1) is 6.92 Å². The summed E-state index contributed by atoms with van der Waals surface area (Å²) in [5.74, 6) is -1.03. The Morgan fingerprint density at radius 3 is 2.57 bits per heavy atom. The van der Waals surface area contributed by atoms with E-state index in [9.17, 15) is 14.7 Å². The lowest BCUT2D eigenvalue weighted by atomic mass is 9.88. The van der Waals surface area contributed by atoms with Crippen molar-refractivity contribution in [3.8, 4) is 0 Å². The van der Waals surface area contributed by atoms with Crippen LogP contribution in [0.3, 0.4) is 0 Å². The Bertz CT molecular complexity index is 527. The van der Waals surface area contributed by atoms with Gasteiger partial charge in [0.2, 0.25) is 5.91 Å². The highest BCUT2D eigenvalue weighted by molar-refractivity contribution is 5.92. The summed E-state index contributed by atoms with van der Waals surface area (Å²) in [5, 5.41) is 12.2. The van der Waals surface area contributed by atoms with E-state index in [0.717, 1.165) is 24.1 Å². The lowest BCUT2D eigenvalue weighted by Crippen LogP contribution is -2.57. The van der Waals surface area contributed by atoms with Crippen molar-refractivity contribution in [3.05, 3.63) is 29.8 Å². The van der Waals surface area contributed by atoms with Crippen LogP contribution in [0.25, 0.3) is 0 Å². The third kappa shape index (κ3) is 3.61. The molecule has 1 heterocycles. The van der Waals surface area contributed by atoms with Gasteiger partial charge in [-0.3, -0.25) is 14.5 Å². The largest absolute Gasteiger partial charge is 0.480 e. The summed E-state index contributed by atoms with van der Waals surface area (Å²) in [5.41, 5.74) is 0.921. The number of nitrogens with one attached hydrogen (secondary N) is 1. The van der Waals surface area contributed by atoms with Gasteiger partial charge in [0.05, 0.1) is 6.54 Å². The molecule has 0 radical (unpaired) electrons. The zero-order valence-electron chi connectivity index (χ0n) is 12.6. The summed E-state index contributed by atoms with van der Waals surface area (Å²) in [6, 6.07) is 7.55. The minimum Gasteiger partial charge on any atom is -0.480 e. The fraction of sp³-hybridized carbons (Fsp3) is 0.500. The summed E-state index contributed by atoms with van der Waals surface area (Å²) < 4.78 is 0. The van der Waals surface area contributed by atoms with E-state index < -0.39 is 11.5 Å². The maximum Gasteiger partial charge on any atom is 0.323 e. The third-order valence-electron chi connectivity index (χ3n) is 4.17. The van der Waals surface area contributed by atoms with Crippen LogP contribution < -0.4 is 5.32 Å². The molecule has 2 rings (SSSR count). The molecule has 1 atom stereocenters. The first-order valence-electron chi connectivity index (χ1n) is 7.27. The number of anilines is 1. The number of likely N-dealkylation sites (tertiary alicyclic amines) is 1. The quantitative estimate of drug-likeness (QED) is 0.892. The molecule has 5 heteroatoms. The minimum atomic E-state index is -0.942. The molecule has 1 unspecified atom stereocenters. The molecule has 5 nitrogen and oxygen atoms in total. The molecular formula is C16H22N2O3. The first-order valence-corrected chi connectivity index (χ1v) is 7.27. The zero-order valence-corrected chi connectivity index (χ0v) is 12.6. The van der Waals surface area contributed by atoms with Gasteiger partial charge in [0.1, 0.15) is 5.54 Å². The number of nitrogens with zero attached hydrogens (tertiary/aromatic N) is 1. The van der Waals surface area contributed by atoms with Gasteiger partial charge in [-0.1, -0.05) is 17.7 Å². The molecule has 1 aliphatic rings. The average molecular weight is 290 g/mol. The lowest BCUT2D eigenvalue weighted by Gasteiger charge is -2.41. The maximum atomic E-state index is 12.1. The highest BCUT2D eigenvalue weighted by Crippen LogP contribution is 2.28. The SMILES string of the molecule is Cc1ccc(NC(=O)CN2CCCCC2(C)C(=O)O)cc1. The number of hydrogen-bond acceptors (Lipinski definition) is 3. The Labute approximate surface area is 125 Å². The predicted octanol–water partition coefficient (Wildman–Crippen LogP) is 2.26. The number of hydrogen-bond donors (Lipinski definition) is 2. The molecule has 0 bridgehead atoms. The van der Waals surface area contributed by atoms with Crippen molar-refractivity contribution in [2.75, 3.05) is 18.4 Å². The number of aryl methyl sites for hydroxylation is 1. The Morgan fingerprint density at radius 1 is 1.29 bits per heavy atom. The van der Waals surface area contributed by atoms with E-state index in [1.165, 1.54) is 0 Å². The molecule has 0 spiro atoms. The van der Waals surface area contributed by atoms with Gasteiger partial charge < -0.3 is 10.4 Å². The fourth-order valence-electron chi connectivity index (χ4n) is 2.68. The molecule has 1 aromatic rings. The molecule has 2 N–H and O–H groups in total. The second kappa shape index (κ2) is 6.26. The van der Waals surface area contributed by atoms with E-state index in [1.54, 1.807) is 11.8 Å². The fourth-order valence-corrected chi connectivity index (χ4v) is 2.68. The predicted molar refractivity (Wildman–Crippen MR) is 81.3 cm³/mol. The summed E-state index contributed by atoms with van der Waals surface area (Å²) >= 11 is 0. The summed E-state index contributed by atoms with van der Waals surface area (Å²) in [6.45, 7) is 4.44. The number of carbonyl (C=O) groups excluding carboxylic acids is 1. The summed E-state index contributed by atoms with van der Waals surface area (Å²) in [4.78, 5) is 25.4. The Balaban J connectivity index is 2.00. The molecule has 1 saturated heterocycles. The monoisotopic (exact) mass is 290 g/mol. The standard InChI is InChI=1S/C16H22N2O3/c1-12-5-7-13(8-6-12)17-14(19)11-18-10-4-3-9-16(18,2)15(20)21/h5-8H,3-4,9-11H2,1-2H3,(H,17,19)(H,20,21). The van der Waals surface area contributed by atoms with E-state index in [2.05, 4.69) is 5.32 Å². The molecule has 21 heavy (non-hydrogen) atoms. The van der Waals surface area contributed by atoms with Gasteiger partial charge in [-0.15, -0.1) is 0 Å². The second-order valence-electron chi connectivity index (χ2n) is 5.87. The van der Waals surface area contributed by atoms with Crippen molar-refractivity contribution in [1.29, 1.82) is 0 Å². The normalized spacial score (nSPS) is 22.8. The Kier molecular flexibility index (Phi) is 4.63. The highest BCUT2D eigenvalue weighted by atomic mass is 16.4. The van der Waals surface area contributed by atoms with Crippen LogP contribution in [0.5, 0.6) is 0 Å². The Hall–Kier alpha value is -1.88. The van der Waals surface area contributed by atoms with Crippen LogP contribution in [0.2, 0.25) is 0 Å². The van der Waals surface area contributed by atoms with Crippen molar-refractivity contribution in [2.45, 2.75) is 38.6 Å². The molecule has 1 aliphatic heterocycles. The van der Waals surface area contributed by atoms with Crippen LogP contribution in [0.1, 0.15) is 31.7 Å². The molecular weight excluding hydrogens is 268 g/mol. The topological polar surface area (TPSA) is 69.6 Å². The van der Waals surface area contributed by atoms with Gasteiger partial charge in [-0.2, -0.15) is 0 Å². The number of amides is 1. The first kappa shape index (κ1) is 15.5. The van der Waals surface area contributed by atoms with Crippen LogP contribution in [0.4, 0.5) is 5.69 Å². The molecule has 1 fully saturated rings. The summed E-state index contributed by atoms with van der Waals surface area (Å²) in [7, 11) is 0. The van der Waals surface area contributed by atoms with Gasteiger partial charge >= 0.3 is 5.97 Å². The number of aliphatic carboxylic acids is 1. The number of carboxylic acid groups (broad SMARTS) is 1. The van der Waals surface area contributed by atoms with Gasteiger partial charge in [0.25, 0.3) is 0 Å². The van der Waals surface area contributed by atoms with E-state index >= 15 is 0 Å². The number of carbonyl (C=O) groups is 2. The van der Waals surface area contributed by atoms with Crippen molar-refractivity contribution >= 4 is 17.6 Å². The molecule has 1 aromatic carbocycles. The second-order valence-corrected chi connectivity index (χ2v) is 5.87. The maximum absolute atomic E-state index is 12.1. The smallest absolute Gasteiger partial charge is 0.323 e. The van der Waals surface area contributed by atoms with Crippen LogP contribution in [0.15, 0.2) is 24.3 Å². The number of piperidine rings is 1. The molecule has 0 aliphatic carbocycles. The van der Waals surface area contributed by atoms with Crippen molar-refractivity contribution < 1.29 is 14.7 Å². The van der Waals surface area contributed by atoms with E-state index in [1.807, 2.05) is 31.2 Å². The van der Waals surface area contributed by atoms with Crippen molar-refractivity contribution in [1.82, 2.24) is 4.90 Å². The molecule has 0 aromatic heterocycles. The first-order chi connectivity index (χ1) is 9.91. The number of rotatable bonds is 4. The van der Waals surface area contributed by atoms with E-state index in [4.69, 9.17) is 0 Å². The molecule has 0 saturated carbocycles. The van der Waals surface area contributed by atoms with Gasteiger partial charge in [-0.25, -0.2) is 0 Å². The highest BCUT2D eigenvalue weighted by Gasteiger charge is 2.41. The minimum absolute atomic E-state index is 0.108. The average Bonchev–Trinajstić information content (AvgIpc) is 2.44. The van der Waals surface area contributed by atoms with Crippen molar-refractivity contribution in [2.24, 2.45) is 0 Å². The van der Waals surface area contributed by atoms with Crippen LogP contribution in [-0.4, -0.2) is 40.5 Å². The third-order valence-corrected chi connectivity index (χ3v) is 4.17. The molecule has 1 amide bonds. The number of benzene rings is 1.